The van der Waals surface area contributed by atoms with Gasteiger partial charge in [-0.1, -0.05) is 0 Å². The van der Waals surface area contributed by atoms with Gasteiger partial charge in [-0.25, -0.2) is 0 Å². The summed E-state index contributed by atoms with van der Waals surface area (Å²) in [7, 11) is 4.95. The third-order valence-electron chi connectivity index (χ3n) is 3.89. The Morgan fingerprint density at radius 3 is 2.73 bits per heavy atom. The number of nitrogens with one attached hydrogen (secondary N) is 1. The molecule has 0 bridgehead atoms. The summed E-state index contributed by atoms with van der Waals surface area (Å²) in [6.45, 7) is 0.990. The highest BCUT2D eigenvalue weighted by Gasteiger charge is 2.31. The first-order chi connectivity index (χ1) is 10.5. The van der Waals surface area contributed by atoms with E-state index in [0.29, 0.717) is 25.9 Å². The Bertz CT molecular complexity index is 559. The molecule has 22 heavy (non-hydrogen) atoms. The Morgan fingerprint density at radius 2 is 2.14 bits per heavy atom. The van der Waals surface area contributed by atoms with Gasteiger partial charge in [0.1, 0.15) is 11.5 Å². The van der Waals surface area contributed by atoms with Crippen molar-refractivity contribution in [3.05, 3.63) is 23.8 Å². The minimum Gasteiger partial charge on any atom is -0.497 e. The topological polar surface area (TPSA) is 67.9 Å². The van der Waals surface area contributed by atoms with Crippen LogP contribution in [0.3, 0.4) is 0 Å². The molecule has 1 N–H and O–H groups in total. The first-order valence-electron chi connectivity index (χ1n) is 7.27. The number of benzene rings is 1. The van der Waals surface area contributed by atoms with Gasteiger partial charge in [0.25, 0.3) is 0 Å². The predicted molar refractivity (Wildman–Crippen MR) is 82.0 cm³/mol. The number of ether oxygens (including phenoxy) is 2. The van der Waals surface area contributed by atoms with Crippen molar-refractivity contribution in [1.29, 1.82) is 0 Å². The second-order valence-corrected chi connectivity index (χ2v) is 5.39. The first kappa shape index (κ1) is 16.1. The standard InChI is InChI=1S/C16H22N2O4/c1-18-10-12(9-15(18)19)16(20)17-7-6-11-8-13(21-2)4-5-14(11)22-3/h4-5,8,12H,6-7,9-10H2,1-3H3,(H,17,20)/t12-/m0/s1. The van der Waals surface area contributed by atoms with Crippen molar-refractivity contribution >= 4 is 11.8 Å². The van der Waals surface area contributed by atoms with E-state index >= 15 is 0 Å². The summed E-state index contributed by atoms with van der Waals surface area (Å²) in [5.74, 6) is 1.23. The van der Waals surface area contributed by atoms with Gasteiger partial charge in [-0.2, -0.15) is 0 Å². The number of carbonyl (C=O) groups excluding carboxylic acids is 2. The zero-order valence-corrected chi connectivity index (χ0v) is 13.2. The lowest BCUT2D eigenvalue weighted by Crippen LogP contribution is -2.33. The molecule has 1 fully saturated rings. The summed E-state index contributed by atoms with van der Waals surface area (Å²) in [5.41, 5.74) is 0.974. The van der Waals surface area contributed by atoms with Gasteiger partial charge in [0.05, 0.1) is 20.1 Å². The number of likely N-dealkylation sites (tertiary alicyclic amines) is 1. The number of rotatable bonds is 6. The number of hydrogen-bond acceptors (Lipinski definition) is 4. The lowest BCUT2D eigenvalue weighted by Gasteiger charge is -2.13. The van der Waals surface area contributed by atoms with Gasteiger partial charge in [0.2, 0.25) is 11.8 Å². The van der Waals surface area contributed by atoms with Gasteiger partial charge in [-0.15, -0.1) is 0 Å². The van der Waals surface area contributed by atoms with E-state index in [1.807, 2.05) is 18.2 Å². The second-order valence-electron chi connectivity index (χ2n) is 5.39. The SMILES string of the molecule is COc1ccc(OC)c(CCNC(=O)[C@H]2CC(=O)N(C)C2)c1. The number of nitrogens with zero attached hydrogens (tertiary/aromatic N) is 1. The largest absolute Gasteiger partial charge is 0.497 e. The summed E-state index contributed by atoms with van der Waals surface area (Å²) in [6, 6.07) is 5.58. The van der Waals surface area contributed by atoms with Crippen LogP contribution >= 0.6 is 0 Å². The molecular formula is C16H22N2O4. The van der Waals surface area contributed by atoms with Crippen LogP contribution < -0.4 is 14.8 Å². The Labute approximate surface area is 130 Å². The number of amides is 2. The fourth-order valence-electron chi connectivity index (χ4n) is 2.58. The predicted octanol–water partition coefficient (Wildman–Crippen LogP) is 0.841. The Hall–Kier alpha value is -2.24. The molecule has 6 heteroatoms. The van der Waals surface area contributed by atoms with E-state index in [1.165, 1.54) is 0 Å². The maximum Gasteiger partial charge on any atom is 0.225 e. The molecule has 0 radical (unpaired) electrons. The maximum absolute atomic E-state index is 12.1. The molecule has 0 aromatic heterocycles. The molecule has 1 aliphatic rings. The lowest BCUT2D eigenvalue weighted by atomic mass is 10.1. The van der Waals surface area contributed by atoms with Crippen molar-refractivity contribution in [2.75, 3.05) is 34.4 Å². The Kier molecular flexibility index (Phi) is 5.25. The molecule has 1 aromatic rings. The van der Waals surface area contributed by atoms with Crippen LogP contribution in [-0.2, 0) is 16.0 Å². The molecular weight excluding hydrogens is 284 g/mol. The number of hydrogen-bond donors (Lipinski definition) is 1. The third kappa shape index (κ3) is 3.69. The average molecular weight is 306 g/mol. The van der Waals surface area contributed by atoms with Crippen molar-refractivity contribution in [2.24, 2.45) is 5.92 Å². The minimum absolute atomic E-state index is 0.0228. The van der Waals surface area contributed by atoms with Crippen molar-refractivity contribution in [3.8, 4) is 11.5 Å². The summed E-state index contributed by atoms with van der Waals surface area (Å²) < 4.78 is 10.5. The quantitative estimate of drug-likeness (QED) is 0.846. The van der Waals surface area contributed by atoms with Crippen LogP contribution in [0.15, 0.2) is 18.2 Å². The van der Waals surface area contributed by atoms with Crippen LogP contribution in [0.25, 0.3) is 0 Å². The van der Waals surface area contributed by atoms with Gasteiger partial charge in [-0.05, 0) is 30.2 Å². The molecule has 2 amide bonds. The molecule has 0 spiro atoms. The summed E-state index contributed by atoms with van der Waals surface area (Å²) in [6.07, 6.45) is 0.938. The highest BCUT2D eigenvalue weighted by molar-refractivity contribution is 5.89. The van der Waals surface area contributed by atoms with E-state index in [0.717, 1.165) is 17.1 Å². The van der Waals surface area contributed by atoms with Crippen molar-refractivity contribution in [3.63, 3.8) is 0 Å². The molecule has 0 aliphatic carbocycles. The summed E-state index contributed by atoms with van der Waals surface area (Å²) in [5, 5.41) is 2.89. The molecule has 2 rings (SSSR count). The summed E-state index contributed by atoms with van der Waals surface area (Å²) >= 11 is 0. The van der Waals surface area contributed by atoms with Gasteiger partial charge in [-0.3, -0.25) is 9.59 Å². The highest BCUT2D eigenvalue weighted by atomic mass is 16.5. The van der Waals surface area contributed by atoms with Gasteiger partial charge >= 0.3 is 0 Å². The van der Waals surface area contributed by atoms with Crippen LogP contribution in [-0.4, -0.2) is 51.1 Å². The number of carbonyl (C=O) groups is 2. The van der Waals surface area contributed by atoms with Crippen LogP contribution in [0.4, 0.5) is 0 Å². The van der Waals surface area contributed by atoms with E-state index in [4.69, 9.17) is 9.47 Å². The van der Waals surface area contributed by atoms with Crippen molar-refractivity contribution in [1.82, 2.24) is 10.2 Å². The van der Waals surface area contributed by atoms with E-state index in [9.17, 15) is 9.59 Å². The normalized spacial score (nSPS) is 17.5. The van der Waals surface area contributed by atoms with Gasteiger partial charge in [0, 0.05) is 26.6 Å². The molecule has 6 nitrogen and oxygen atoms in total. The molecule has 120 valence electrons. The molecule has 1 saturated heterocycles. The monoisotopic (exact) mass is 306 g/mol. The van der Waals surface area contributed by atoms with Crippen LogP contribution in [0.2, 0.25) is 0 Å². The van der Waals surface area contributed by atoms with Gasteiger partial charge in [0.15, 0.2) is 0 Å². The fraction of sp³-hybridized carbons (Fsp3) is 0.500. The second kappa shape index (κ2) is 7.15. The fourth-order valence-corrected chi connectivity index (χ4v) is 2.58. The minimum atomic E-state index is -0.246. The van der Waals surface area contributed by atoms with Crippen molar-refractivity contribution in [2.45, 2.75) is 12.8 Å². The molecule has 0 saturated carbocycles. The smallest absolute Gasteiger partial charge is 0.225 e. The van der Waals surface area contributed by atoms with Gasteiger partial charge < -0.3 is 19.7 Å². The van der Waals surface area contributed by atoms with Crippen LogP contribution in [0.5, 0.6) is 11.5 Å². The molecule has 0 unspecified atom stereocenters. The molecule has 1 atom stereocenters. The average Bonchev–Trinajstić information content (AvgIpc) is 2.86. The third-order valence-corrected chi connectivity index (χ3v) is 3.89. The van der Waals surface area contributed by atoms with E-state index < -0.39 is 0 Å². The molecule has 1 aliphatic heterocycles. The Morgan fingerprint density at radius 1 is 1.36 bits per heavy atom. The molecule has 1 heterocycles. The molecule has 1 aromatic carbocycles. The lowest BCUT2D eigenvalue weighted by molar-refractivity contribution is -0.128. The van der Waals surface area contributed by atoms with Crippen LogP contribution in [0.1, 0.15) is 12.0 Å². The number of methoxy groups -OCH3 is 2. The van der Waals surface area contributed by atoms with E-state index in [1.54, 1.807) is 26.2 Å². The zero-order chi connectivity index (χ0) is 16.1. The van der Waals surface area contributed by atoms with Crippen molar-refractivity contribution < 1.29 is 19.1 Å². The Balaban J connectivity index is 1.88. The summed E-state index contributed by atoms with van der Waals surface area (Å²) in [4.78, 5) is 25.1. The van der Waals surface area contributed by atoms with E-state index in [-0.39, 0.29) is 17.7 Å². The highest BCUT2D eigenvalue weighted by Crippen LogP contribution is 2.24. The zero-order valence-electron chi connectivity index (χ0n) is 13.2. The van der Waals surface area contributed by atoms with E-state index in [2.05, 4.69) is 5.32 Å². The maximum atomic E-state index is 12.1. The first-order valence-corrected chi connectivity index (χ1v) is 7.27. The van der Waals surface area contributed by atoms with Crippen LogP contribution in [0, 0.1) is 5.92 Å².